The highest BCUT2D eigenvalue weighted by atomic mass is 16.6. The first kappa shape index (κ1) is 32.3. The molecule has 3 aromatic rings. The van der Waals surface area contributed by atoms with Crippen LogP contribution in [0.15, 0.2) is 77.8 Å². The van der Waals surface area contributed by atoms with Crippen molar-refractivity contribution in [3.05, 3.63) is 95.1 Å². The van der Waals surface area contributed by atoms with E-state index in [1.165, 1.54) is 16.7 Å². The van der Waals surface area contributed by atoms with Crippen molar-refractivity contribution < 1.29 is 28.6 Å². The van der Waals surface area contributed by atoms with Crippen LogP contribution in [-0.2, 0) is 22.3 Å². The van der Waals surface area contributed by atoms with Crippen molar-refractivity contribution in [1.82, 2.24) is 5.32 Å². The number of nitrogens with one attached hydrogen (secondary N) is 2. The number of amides is 2. The van der Waals surface area contributed by atoms with Crippen molar-refractivity contribution >= 4 is 29.8 Å². The molecule has 0 aromatic heterocycles. The van der Waals surface area contributed by atoms with Gasteiger partial charge in [0.05, 0.1) is 5.56 Å². The van der Waals surface area contributed by atoms with Gasteiger partial charge in [0.25, 0.3) is 0 Å². The van der Waals surface area contributed by atoms with Gasteiger partial charge in [-0.05, 0) is 126 Å². The highest BCUT2D eigenvalue weighted by molar-refractivity contribution is 6.06. The lowest BCUT2D eigenvalue weighted by Gasteiger charge is -2.21. The Kier molecular flexibility index (Phi) is 10.1. The molecule has 4 rings (SSSR count). The second-order valence-electron chi connectivity index (χ2n) is 12.8. The third-order valence-corrected chi connectivity index (χ3v) is 6.47. The van der Waals surface area contributed by atoms with E-state index < -0.39 is 29.4 Å². The van der Waals surface area contributed by atoms with Gasteiger partial charge in [-0.1, -0.05) is 36.4 Å². The monoisotopic (exact) mass is 599 g/mol. The molecule has 1 fully saturated rings. The normalized spacial score (nSPS) is 13.5. The van der Waals surface area contributed by atoms with E-state index in [0.717, 1.165) is 25.7 Å². The summed E-state index contributed by atoms with van der Waals surface area (Å²) in [5.74, 6) is 0.333. The van der Waals surface area contributed by atoms with Gasteiger partial charge in [-0.3, -0.25) is 5.32 Å². The van der Waals surface area contributed by atoms with E-state index in [0.29, 0.717) is 22.9 Å². The fourth-order valence-corrected chi connectivity index (χ4v) is 4.42. The fraction of sp³-hybridized carbons (Fsp3) is 0.371. The zero-order valence-electron chi connectivity index (χ0n) is 26.2. The van der Waals surface area contributed by atoms with E-state index in [1.807, 2.05) is 18.2 Å². The molecule has 0 bridgehead atoms. The second-order valence-corrected chi connectivity index (χ2v) is 12.8. The average Bonchev–Trinajstić information content (AvgIpc) is 3.76. The van der Waals surface area contributed by atoms with Crippen LogP contribution in [0, 0.1) is 0 Å². The molecular formula is C35H41N3O6. The van der Waals surface area contributed by atoms with Gasteiger partial charge in [0, 0.05) is 5.69 Å². The van der Waals surface area contributed by atoms with Gasteiger partial charge >= 0.3 is 18.2 Å². The smallest absolute Gasteiger partial charge is 0.437 e. The minimum Gasteiger partial charge on any atom is -0.444 e. The van der Waals surface area contributed by atoms with Crippen LogP contribution in [-0.4, -0.2) is 35.3 Å². The van der Waals surface area contributed by atoms with Crippen molar-refractivity contribution in [3.8, 4) is 5.75 Å². The Bertz CT molecular complexity index is 1500. The number of aliphatic imine (C=N–C) groups is 1. The Morgan fingerprint density at radius 1 is 0.818 bits per heavy atom. The summed E-state index contributed by atoms with van der Waals surface area (Å²) in [5.41, 5.74) is 3.09. The predicted octanol–water partition coefficient (Wildman–Crippen LogP) is 7.80. The molecule has 0 unspecified atom stereocenters. The lowest BCUT2D eigenvalue weighted by atomic mass is 9.97. The number of carbonyl (C=O) groups excluding carboxylic acids is 3. The molecule has 0 atom stereocenters. The molecule has 232 valence electrons. The fourth-order valence-electron chi connectivity index (χ4n) is 4.42. The summed E-state index contributed by atoms with van der Waals surface area (Å²) in [6.45, 7) is 10.3. The zero-order chi connectivity index (χ0) is 31.9. The third kappa shape index (κ3) is 10.6. The maximum atomic E-state index is 13.0. The van der Waals surface area contributed by atoms with Crippen molar-refractivity contribution in [2.45, 2.75) is 84.3 Å². The summed E-state index contributed by atoms with van der Waals surface area (Å²) in [5, 5.41) is 5.31. The molecule has 3 aromatic carbocycles. The van der Waals surface area contributed by atoms with Gasteiger partial charge in [0.2, 0.25) is 5.96 Å². The number of rotatable bonds is 7. The number of carbonyl (C=O) groups is 3. The highest BCUT2D eigenvalue weighted by Gasteiger charge is 2.27. The first-order valence-corrected chi connectivity index (χ1v) is 14.8. The minimum absolute atomic E-state index is 0.191. The molecule has 44 heavy (non-hydrogen) atoms. The number of hydrogen-bond acceptors (Lipinski definition) is 6. The van der Waals surface area contributed by atoms with E-state index in [1.54, 1.807) is 65.8 Å². The van der Waals surface area contributed by atoms with Gasteiger partial charge < -0.3 is 19.5 Å². The summed E-state index contributed by atoms with van der Waals surface area (Å²) < 4.78 is 16.3. The molecule has 0 heterocycles. The second kappa shape index (κ2) is 13.8. The third-order valence-electron chi connectivity index (χ3n) is 6.47. The lowest BCUT2D eigenvalue weighted by Crippen LogP contribution is -2.40. The minimum atomic E-state index is -0.895. The number of ether oxygens (including phenoxy) is 3. The quantitative estimate of drug-likeness (QED) is 0.123. The number of benzene rings is 3. The summed E-state index contributed by atoms with van der Waals surface area (Å²) in [7, 11) is 0. The predicted molar refractivity (Wildman–Crippen MR) is 170 cm³/mol. The van der Waals surface area contributed by atoms with E-state index in [-0.39, 0.29) is 5.96 Å². The summed E-state index contributed by atoms with van der Waals surface area (Å²) >= 11 is 0. The van der Waals surface area contributed by atoms with Gasteiger partial charge in [-0.25, -0.2) is 14.4 Å². The first-order chi connectivity index (χ1) is 20.7. The van der Waals surface area contributed by atoms with Crippen molar-refractivity contribution in [2.75, 3.05) is 5.32 Å². The Morgan fingerprint density at radius 3 is 2.09 bits per heavy atom. The molecule has 0 spiro atoms. The number of nitrogens with zero attached hydrogens (tertiary/aromatic N) is 1. The number of hydrogen-bond donors (Lipinski definition) is 2. The SMILES string of the molecule is CC(C)(C)OC(=O)/N=C(/NC(=O)OC(C)(C)C)Nc1ccc(C(=O)Oc2ccc(CCc3ccccc3)c(C3CC3)c2)cc1. The van der Waals surface area contributed by atoms with E-state index in [2.05, 4.69) is 46.0 Å². The largest absolute Gasteiger partial charge is 0.444 e. The van der Waals surface area contributed by atoms with Crippen LogP contribution in [0.1, 0.15) is 87.4 Å². The average molecular weight is 600 g/mol. The summed E-state index contributed by atoms with van der Waals surface area (Å²) in [6.07, 6.45) is 2.48. The molecule has 1 aliphatic carbocycles. The van der Waals surface area contributed by atoms with E-state index in [9.17, 15) is 14.4 Å². The van der Waals surface area contributed by atoms with Gasteiger partial charge in [0.15, 0.2) is 0 Å². The maximum Gasteiger partial charge on any atom is 0.437 e. The lowest BCUT2D eigenvalue weighted by molar-refractivity contribution is 0.0561. The number of alkyl carbamates (subject to hydrolysis) is 1. The molecule has 9 nitrogen and oxygen atoms in total. The zero-order valence-corrected chi connectivity index (χ0v) is 26.2. The van der Waals surface area contributed by atoms with Gasteiger partial charge in [-0.2, -0.15) is 0 Å². The summed E-state index contributed by atoms with van der Waals surface area (Å²) in [4.78, 5) is 41.5. The van der Waals surface area contributed by atoms with Gasteiger partial charge in [-0.15, -0.1) is 4.99 Å². The molecule has 1 aliphatic rings. The Morgan fingerprint density at radius 2 is 1.48 bits per heavy atom. The Hall–Kier alpha value is -4.66. The molecular weight excluding hydrogens is 558 g/mol. The van der Waals surface area contributed by atoms with E-state index >= 15 is 0 Å². The Balaban J connectivity index is 1.42. The number of anilines is 1. The number of guanidine groups is 1. The van der Waals surface area contributed by atoms with Crippen LogP contribution >= 0.6 is 0 Å². The molecule has 0 saturated heterocycles. The van der Waals surface area contributed by atoms with Gasteiger partial charge in [0.1, 0.15) is 17.0 Å². The van der Waals surface area contributed by atoms with Crippen LogP contribution in [0.3, 0.4) is 0 Å². The van der Waals surface area contributed by atoms with Crippen LogP contribution in [0.2, 0.25) is 0 Å². The number of esters is 1. The first-order valence-electron chi connectivity index (χ1n) is 14.8. The topological polar surface area (TPSA) is 115 Å². The Labute approximate surface area is 259 Å². The molecule has 0 aliphatic heterocycles. The maximum absolute atomic E-state index is 13.0. The van der Waals surface area contributed by atoms with Crippen molar-refractivity contribution in [1.29, 1.82) is 0 Å². The van der Waals surface area contributed by atoms with Crippen LogP contribution < -0.4 is 15.4 Å². The molecule has 9 heteroatoms. The molecule has 2 amide bonds. The molecule has 2 N–H and O–H groups in total. The van der Waals surface area contributed by atoms with E-state index in [4.69, 9.17) is 14.2 Å². The number of aryl methyl sites for hydroxylation is 2. The van der Waals surface area contributed by atoms with Crippen LogP contribution in [0.5, 0.6) is 5.75 Å². The highest BCUT2D eigenvalue weighted by Crippen LogP contribution is 2.43. The molecule has 1 saturated carbocycles. The van der Waals surface area contributed by atoms with Crippen LogP contribution in [0.25, 0.3) is 0 Å². The summed E-state index contributed by atoms with van der Waals surface area (Å²) in [6, 6.07) is 22.7. The van der Waals surface area contributed by atoms with Crippen molar-refractivity contribution in [3.63, 3.8) is 0 Å². The van der Waals surface area contributed by atoms with Crippen LogP contribution in [0.4, 0.5) is 15.3 Å². The molecule has 0 radical (unpaired) electrons. The van der Waals surface area contributed by atoms with Crippen molar-refractivity contribution in [2.24, 2.45) is 4.99 Å². The standard InChI is InChI=1S/C35H41N3O6/c1-34(2,3)43-32(40)37-31(38-33(41)44-35(4,5)6)36-27-19-16-26(17-20-27)30(39)42-28-21-18-24(29(22-28)25-14-15-25)13-12-23-10-8-7-9-11-23/h7-11,16-22,25H,12-15H2,1-6H3,(H2,36,37,38,40,41).